The van der Waals surface area contributed by atoms with E-state index in [9.17, 15) is 4.39 Å². The van der Waals surface area contributed by atoms with Gasteiger partial charge in [0.2, 0.25) is 0 Å². The average Bonchev–Trinajstić information content (AvgIpc) is 3.16. The molecule has 0 saturated heterocycles. The van der Waals surface area contributed by atoms with Gasteiger partial charge in [-0.1, -0.05) is 12.1 Å². The highest BCUT2D eigenvalue weighted by atomic mass is 127. The van der Waals surface area contributed by atoms with Crippen LogP contribution in [0.2, 0.25) is 0 Å². The Balaban J connectivity index is 1.85. The van der Waals surface area contributed by atoms with Crippen LogP contribution < -0.4 is 5.32 Å². The quantitative estimate of drug-likeness (QED) is 0.473. The van der Waals surface area contributed by atoms with Crippen molar-refractivity contribution in [2.45, 2.75) is 6.54 Å². The number of hydrogen-bond donors (Lipinski definition) is 1. The monoisotopic (exact) mass is 416 g/mol. The van der Waals surface area contributed by atoms with Crippen LogP contribution in [-0.4, -0.2) is 14.4 Å². The fraction of sp³-hybridized carbons (Fsp3) is 0.0588. The third-order valence-electron chi connectivity index (χ3n) is 4.30. The van der Waals surface area contributed by atoms with Gasteiger partial charge in [-0.05, 0) is 34.2 Å². The SMILES string of the molecule is Fc1ccn2c(-c3ccc4c(I)cnc5c4c3CN5)cnc2c1. The first kappa shape index (κ1) is 13.2. The maximum absolute atomic E-state index is 13.4. The van der Waals surface area contributed by atoms with Crippen molar-refractivity contribution in [2.75, 3.05) is 5.32 Å². The van der Waals surface area contributed by atoms with Gasteiger partial charge < -0.3 is 5.32 Å². The highest BCUT2D eigenvalue weighted by Gasteiger charge is 2.21. The second kappa shape index (κ2) is 4.64. The summed E-state index contributed by atoms with van der Waals surface area (Å²) in [5.74, 6) is 0.650. The predicted molar refractivity (Wildman–Crippen MR) is 95.9 cm³/mol. The first-order valence-electron chi connectivity index (χ1n) is 7.19. The lowest BCUT2D eigenvalue weighted by Gasteiger charge is -2.09. The number of pyridine rings is 2. The van der Waals surface area contributed by atoms with E-state index in [1.165, 1.54) is 28.5 Å². The first-order valence-corrected chi connectivity index (χ1v) is 8.27. The molecule has 1 N–H and O–H groups in total. The lowest BCUT2D eigenvalue weighted by Crippen LogP contribution is -1.95. The average molecular weight is 416 g/mol. The summed E-state index contributed by atoms with van der Waals surface area (Å²) in [4.78, 5) is 8.81. The normalized spacial score (nSPS) is 13.0. The number of aromatic nitrogens is 3. The molecule has 0 aliphatic carbocycles. The van der Waals surface area contributed by atoms with Crippen LogP contribution >= 0.6 is 22.6 Å². The Morgan fingerprint density at radius 1 is 1.17 bits per heavy atom. The molecule has 0 amide bonds. The zero-order chi connectivity index (χ0) is 15.6. The van der Waals surface area contributed by atoms with Gasteiger partial charge in [0.25, 0.3) is 0 Å². The molecule has 23 heavy (non-hydrogen) atoms. The topological polar surface area (TPSA) is 42.2 Å². The van der Waals surface area contributed by atoms with Crippen LogP contribution in [0.15, 0.2) is 42.9 Å². The number of anilines is 1. The van der Waals surface area contributed by atoms with Crippen molar-refractivity contribution in [1.82, 2.24) is 14.4 Å². The van der Waals surface area contributed by atoms with Crippen molar-refractivity contribution in [2.24, 2.45) is 0 Å². The Morgan fingerprint density at radius 2 is 2.09 bits per heavy atom. The molecular weight excluding hydrogens is 406 g/mol. The van der Waals surface area contributed by atoms with Gasteiger partial charge in [0.05, 0.1) is 11.9 Å². The Morgan fingerprint density at radius 3 is 3.00 bits per heavy atom. The van der Waals surface area contributed by atoms with E-state index < -0.39 is 0 Å². The molecule has 0 radical (unpaired) electrons. The van der Waals surface area contributed by atoms with E-state index in [1.807, 2.05) is 10.6 Å². The van der Waals surface area contributed by atoms with Gasteiger partial charge >= 0.3 is 0 Å². The summed E-state index contributed by atoms with van der Waals surface area (Å²) in [6, 6.07) is 7.13. The molecule has 0 spiro atoms. The number of rotatable bonds is 1. The van der Waals surface area contributed by atoms with E-state index >= 15 is 0 Å². The summed E-state index contributed by atoms with van der Waals surface area (Å²) in [6.07, 6.45) is 5.41. The molecule has 1 aromatic carbocycles. The Hall–Kier alpha value is -2.22. The van der Waals surface area contributed by atoms with Crippen molar-refractivity contribution in [3.05, 3.63) is 57.8 Å². The minimum Gasteiger partial charge on any atom is -0.365 e. The molecule has 1 aliphatic rings. The molecule has 0 unspecified atom stereocenters. The number of fused-ring (bicyclic) bond motifs is 1. The lowest BCUT2D eigenvalue weighted by molar-refractivity contribution is 0.626. The van der Waals surface area contributed by atoms with Gasteiger partial charge in [-0.15, -0.1) is 0 Å². The van der Waals surface area contributed by atoms with Crippen molar-refractivity contribution in [3.8, 4) is 11.3 Å². The predicted octanol–water partition coefficient (Wildman–Crippen LogP) is 4.22. The van der Waals surface area contributed by atoms with E-state index in [2.05, 4.69) is 50.0 Å². The molecule has 1 aliphatic heterocycles. The lowest BCUT2D eigenvalue weighted by atomic mass is 10.00. The largest absolute Gasteiger partial charge is 0.365 e. The summed E-state index contributed by atoms with van der Waals surface area (Å²) in [6.45, 7) is 0.740. The number of benzene rings is 1. The zero-order valence-corrected chi connectivity index (χ0v) is 14.0. The maximum Gasteiger partial charge on any atom is 0.140 e. The summed E-state index contributed by atoms with van der Waals surface area (Å²) >= 11 is 2.31. The number of halogens is 2. The number of imidazole rings is 1. The van der Waals surface area contributed by atoms with Crippen LogP contribution in [0, 0.1) is 9.39 Å². The van der Waals surface area contributed by atoms with E-state index in [0.29, 0.717) is 5.65 Å². The molecule has 4 aromatic rings. The Labute approximate surface area is 144 Å². The third kappa shape index (κ3) is 1.81. The number of nitrogens with zero attached hydrogens (tertiary/aromatic N) is 3. The van der Waals surface area contributed by atoms with Crippen molar-refractivity contribution >= 4 is 44.8 Å². The second-order valence-corrected chi connectivity index (χ2v) is 6.70. The highest BCUT2D eigenvalue weighted by molar-refractivity contribution is 14.1. The molecule has 5 rings (SSSR count). The minimum absolute atomic E-state index is 0.277. The minimum atomic E-state index is -0.277. The van der Waals surface area contributed by atoms with Crippen molar-refractivity contribution < 1.29 is 4.39 Å². The van der Waals surface area contributed by atoms with Crippen LogP contribution in [0.25, 0.3) is 27.7 Å². The molecule has 0 atom stereocenters. The summed E-state index contributed by atoms with van der Waals surface area (Å²) < 4.78 is 16.4. The molecule has 112 valence electrons. The fourth-order valence-corrected chi connectivity index (χ4v) is 3.85. The van der Waals surface area contributed by atoms with Gasteiger partial charge in [-0.2, -0.15) is 0 Å². The molecule has 3 aromatic heterocycles. The molecule has 0 fully saturated rings. The highest BCUT2D eigenvalue weighted by Crippen LogP contribution is 2.39. The van der Waals surface area contributed by atoms with Gasteiger partial charge in [0.15, 0.2) is 0 Å². The molecule has 4 heterocycles. The number of hydrogen-bond acceptors (Lipinski definition) is 3. The van der Waals surface area contributed by atoms with Crippen LogP contribution in [0.3, 0.4) is 0 Å². The standard InChI is InChI=1S/C17H10FIN4/c18-9-3-4-23-14(8-20-15(23)5-9)10-1-2-11-13(19)7-22-17-16(11)12(10)6-21-17/h1-5,7-8H,6H2,(H,21,22). The smallest absolute Gasteiger partial charge is 0.140 e. The van der Waals surface area contributed by atoms with Gasteiger partial charge in [0.1, 0.15) is 17.3 Å². The number of nitrogens with one attached hydrogen (secondary N) is 1. The van der Waals surface area contributed by atoms with E-state index in [1.54, 1.807) is 12.4 Å². The zero-order valence-electron chi connectivity index (χ0n) is 11.8. The molecule has 0 saturated carbocycles. The Kier molecular flexibility index (Phi) is 2.67. The third-order valence-corrected chi connectivity index (χ3v) is 5.16. The van der Waals surface area contributed by atoms with Crippen LogP contribution in [-0.2, 0) is 6.54 Å². The Bertz CT molecular complexity index is 1100. The molecule has 6 heteroatoms. The fourth-order valence-electron chi connectivity index (χ4n) is 3.26. The van der Waals surface area contributed by atoms with Crippen molar-refractivity contribution in [1.29, 1.82) is 0 Å². The molecule has 4 nitrogen and oxygen atoms in total. The second-order valence-electron chi connectivity index (χ2n) is 5.54. The molecular formula is C17H10FIN4. The first-order chi connectivity index (χ1) is 11.2. The molecule has 0 bridgehead atoms. The van der Waals surface area contributed by atoms with Gasteiger partial charge in [-0.3, -0.25) is 4.40 Å². The van der Waals surface area contributed by atoms with Gasteiger partial charge in [0, 0.05) is 44.9 Å². The van der Waals surface area contributed by atoms with E-state index in [4.69, 9.17) is 0 Å². The van der Waals surface area contributed by atoms with E-state index in [-0.39, 0.29) is 5.82 Å². The van der Waals surface area contributed by atoms with Crippen LogP contribution in [0.4, 0.5) is 10.2 Å². The summed E-state index contributed by atoms with van der Waals surface area (Å²) in [7, 11) is 0. The summed E-state index contributed by atoms with van der Waals surface area (Å²) in [5.41, 5.74) is 3.89. The van der Waals surface area contributed by atoms with Crippen LogP contribution in [0.5, 0.6) is 0 Å². The van der Waals surface area contributed by atoms with E-state index in [0.717, 1.165) is 27.2 Å². The van der Waals surface area contributed by atoms with Gasteiger partial charge in [-0.25, -0.2) is 14.4 Å². The summed E-state index contributed by atoms with van der Waals surface area (Å²) in [5, 5.41) is 5.74. The van der Waals surface area contributed by atoms with Crippen molar-refractivity contribution in [3.63, 3.8) is 0 Å². The van der Waals surface area contributed by atoms with Crippen LogP contribution in [0.1, 0.15) is 5.56 Å². The maximum atomic E-state index is 13.4.